The second kappa shape index (κ2) is 7.77. The number of rotatable bonds is 5. The number of ether oxygens (including phenoxy) is 2. The molecule has 1 aliphatic rings. The van der Waals surface area contributed by atoms with Crippen LogP contribution in [0.2, 0.25) is 0 Å². The third-order valence-corrected chi connectivity index (χ3v) is 8.18. The summed E-state index contributed by atoms with van der Waals surface area (Å²) in [5.41, 5.74) is 2.09. The molecule has 2 heterocycles. The zero-order chi connectivity index (χ0) is 21.5. The van der Waals surface area contributed by atoms with E-state index in [0.717, 1.165) is 16.0 Å². The lowest BCUT2D eigenvalue weighted by atomic mass is 9.90. The minimum atomic E-state index is -3.76. The number of methoxy groups -OCH3 is 2. The number of hydrogen-bond donors (Lipinski definition) is 1. The lowest BCUT2D eigenvalue weighted by Crippen LogP contribution is -2.23. The van der Waals surface area contributed by atoms with E-state index in [4.69, 9.17) is 9.47 Å². The number of hydrogen-bond acceptors (Lipinski definition) is 6. The molecule has 30 heavy (non-hydrogen) atoms. The van der Waals surface area contributed by atoms with Crippen molar-refractivity contribution >= 4 is 32.8 Å². The van der Waals surface area contributed by atoms with Gasteiger partial charge < -0.3 is 14.8 Å². The second-order valence-corrected chi connectivity index (χ2v) is 9.91. The molecule has 0 spiro atoms. The van der Waals surface area contributed by atoms with E-state index in [1.54, 1.807) is 43.9 Å². The third-order valence-electron chi connectivity index (χ3n) is 5.16. The monoisotopic (exact) mass is 443 g/mol. The lowest BCUT2D eigenvalue weighted by molar-refractivity contribution is -0.116. The van der Waals surface area contributed by atoms with Crippen molar-refractivity contribution in [2.24, 2.45) is 0 Å². The van der Waals surface area contributed by atoms with Gasteiger partial charge in [-0.15, -0.1) is 11.3 Å². The average molecular weight is 444 g/mol. The number of fused-ring (bicyclic) bond motifs is 1. The van der Waals surface area contributed by atoms with Gasteiger partial charge in [0.2, 0.25) is 15.7 Å². The number of carbonyl (C=O) groups is 1. The molecule has 3 aromatic rings. The maximum atomic E-state index is 13.3. The van der Waals surface area contributed by atoms with Crippen molar-refractivity contribution in [1.29, 1.82) is 0 Å². The first-order valence-electron chi connectivity index (χ1n) is 9.30. The lowest BCUT2D eigenvalue weighted by Gasteiger charge is -2.24. The van der Waals surface area contributed by atoms with Crippen LogP contribution in [-0.4, -0.2) is 28.5 Å². The van der Waals surface area contributed by atoms with Crippen molar-refractivity contribution in [2.45, 2.75) is 29.1 Å². The fourth-order valence-corrected chi connectivity index (χ4v) is 6.66. The molecule has 1 atom stereocenters. The smallest absolute Gasteiger partial charge is 0.225 e. The Morgan fingerprint density at radius 1 is 1.07 bits per heavy atom. The van der Waals surface area contributed by atoms with Crippen LogP contribution in [0.3, 0.4) is 0 Å². The van der Waals surface area contributed by atoms with Crippen LogP contribution in [0.25, 0.3) is 0 Å². The van der Waals surface area contributed by atoms with Gasteiger partial charge in [0.05, 0.1) is 24.8 Å². The Kier molecular flexibility index (Phi) is 5.29. The van der Waals surface area contributed by atoms with E-state index in [2.05, 4.69) is 5.32 Å². The summed E-state index contributed by atoms with van der Waals surface area (Å²) in [4.78, 5) is 13.7. The normalized spacial score (nSPS) is 16.0. The molecule has 1 N–H and O–H groups in total. The molecule has 0 saturated heterocycles. The second-order valence-electron chi connectivity index (χ2n) is 7.08. The predicted octanol–water partition coefficient (Wildman–Crippen LogP) is 4.38. The summed E-state index contributed by atoms with van der Waals surface area (Å²) in [6.07, 6.45) is 0.229. The van der Waals surface area contributed by atoms with Crippen molar-refractivity contribution in [3.8, 4) is 11.5 Å². The van der Waals surface area contributed by atoms with Crippen LogP contribution in [0, 0.1) is 6.92 Å². The molecule has 0 bridgehead atoms. The highest BCUT2D eigenvalue weighted by Gasteiger charge is 2.34. The van der Waals surface area contributed by atoms with E-state index in [0.29, 0.717) is 17.2 Å². The van der Waals surface area contributed by atoms with Crippen molar-refractivity contribution < 1.29 is 22.7 Å². The van der Waals surface area contributed by atoms with Gasteiger partial charge in [0.15, 0.2) is 11.5 Å². The molecule has 1 amide bonds. The van der Waals surface area contributed by atoms with Gasteiger partial charge in [0.1, 0.15) is 4.90 Å². The van der Waals surface area contributed by atoms with Gasteiger partial charge in [-0.25, -0.2) is 8.42 Å². The van der Waals surface area contributed by atoms with Crippen LogP contribution in [-0.2, 0) is 14.6 Å². The van der Waals surface area contributed by atoms with E-state index in [9.17, 15) is 13.2 Å². The van der Waals surface area contributed by atoms with Crippen LogP contribution >= 0.6 is 11.3 Å². The van der Waals surface area contributed by atoms with Gasteiger partial charge in [0.25, 0.3) is 0 Å². The first kappa shape index (κ1) is 20.4. The molecule has 2 aromatic carbocycles. The Morgan fingerprint density at radius 3 is 2.53 bits per heavy atom. The van der Waals surface area contributed by atoms with Crippen LogP contribution in [0.15, 0.2) is 57.6 Å². The number of benzene rings is 2. The zero-order valence-corrected chi connectivity index (χ0v) is 18.4. The van der Waals surface area contributed by atoms with Gasteiger partial charge in [-0.1, -0.05) is 18.2 Å². The van der Waals surface area contributed by atoms with E-state index in [1.165, 1.54) is 11.3 Å². The first-order chi connectivity index (χ1) is 14.3. The van der Waals surface area contributed by atoms with Gasteiger partial charge in [0, 0.05) is 22.6 Å². The average Bonchev–Trinajstić information content (AvgIpc) is 3.17. The van der Waals surface area contributed by atoms with E-state index >= 15 is 0 Å². The Bertz CT molecular complexity index is 1230. The standard InChI is InChI=1S/C22H21NO5S2/c1-13-5-4-6-15(9-13)30(25,26)19-12-29-22-16(11-20(24)23-21(19)22)14-7-8-17(27-2)18(10-14)28-3/h4-10,12,16H,11H2,1-3H3,(H,23,24). The van der Waals surface area contributed by atoms with Crippen molar-refractivity contribution in [3.05, 3.63) is 63.8 Å². The number of aryl methyl sites for hydroxylation is 1. The molecule has 0 saturated carbocycles. The highest BCUT2D eigenvalue weighted by atomic mass is 32.2. The number of thiophene rings is 1. The molecular weight excluding hydrogens is 422 g/mol. The van der Waals surface area contributed by atoms with Gasteiger partial charge in [-0.05, 0) is 42.3 Å². The minimum Gasteiger partial charge on any atom is -0.493 e. The minimum absolute atomic E-state index is 0.131. The molecule has 156 valence electrons. The summed E-state index contributed by atoms with van der Waals surface area (Å²) in [5.74, 6) is 0.670. The summed E-state index contributed by atoms with van der Waals surface area (Å²) in [5, 5.41) is 4.40. The SMILES string of the molecule is COc1ccc(C2CC(=O)Nc3c(S(=O)(=O)c4cccc(C)c4)csc32)cc1OC. The summed E-state index contributed by atoms with van der Waals surface area (Å²) in [6.45, 7) is 1.84. The predicted molar refractivity (Wildman–Crippen MR) is 116 cm³/mol. The van der Waals surface area contributed by atoms with Crippen molar-refractivity contribution in [3.63, 3.8) is 0 Å². The Labute approximate surface area is 179 Å². The number of carbonyl (C=O) groups excluding carboxylic acids is 1. The van der Waals surface area contributed by atoms with E-state index < -0.39 is 9.84 Å². The number of amides is 1. The molecule has 1 aromatic heterocycles. The molecule has 0 aliphatic carbocycles. The zero-order valence-electron chi connectivity index (χ0n) is 16.8. The molecule has 1 unspecified atom stereocenters. The fraction of sp³-hybridized carbons (Fsp3) is 0.227. The first-order valence-corrected chi connectivity index (χ1v) is 11.7. The highest BCUT2D eigenvalue weighted by Crippen LogP contribution is 2.47. The molecule has 0 fully saturated rings. The quantitative estimate of drug-likeness (QED) is 0.633. The van der Waals surface area contributed by atoms with Crippen LogP contribution in [0.4, 0.5) is 5.69 Å². The molecule has 6 nitrogen and oxygen atoms in total. The third kappa shape index (κ3) is 3.46. The molecule has 4 rings (SSSR count). The summed E-state index contributed by atoms with van der Waals surface area (Å²) in [6, 6.07) is 12.3. The van der Waals surface area contributed by atoms with Crippen molar-refractivity contribution in [2.75, 3.05) is 19.5 Å². The summed E-state index contributed by atoms with van der Waals surface area (Å²) in [7, 11) is -0.646. The maximum absolute atomic E-state index is 13.3. The van der Waals surface area contributed by atoms with Crippen LogP contribution < -0.4 is 14.8 Å². The van der Waals surface area contributed by atoms with Crippen molar-refractivity contribution in [1.82, 2.24) is 0 Å². The summed E-state index contributed by atoms with van der Waals surface area (Å²) >= 11 is 1.34. The maximum Gasteiger partial charge on any atom is 0.225 e. The highest BCUT2D eigenvalue weighted by molar-refractivity contribution is 7.91. The van der Waals surface area contributed by atoms with Crippen LogP contribution in [0.5, 0.6) is 11.5 Å². The van der Waals surface area contributed by atoms with E-state index in [-0.39, 0.29) is 28.0 Å². The van der Waals surface area contributed by atoms with Gasteiger partial charge in [-0.2, -0.15) is 0 Å². The molecule has 8 heteroatoms. The molecule has 0 radical (unpaired) electrons. The Balaban J connectivity index is 1.82. The van der Waals surface area contributed by atoms with Crippen LogP contribution in [0.1, 0.15) is 28.3 Å². The number of anilines is 1. The van der Waals surface area contributed by atoms with E-state index in [1.807, 2.05) is 25.1 Å². The number of nitrogens with one attached hydrogen (secondary N) is 1. The van der Waals surface area contributed by atoms with Gasteiger partial charge in [-0.3, -0.25) is 4.79 Å². The molecular formula is C22H21NO5S2. The topological polar surface area (TPSA) is 81.7 Å². The summed E-state index contributed by atoms with van der Waals surface area (Å²) < 4.78 is 37.2. The molecule has 1 aliphatic heterocycles. The fourth-order valence-electron chi connectivity index (χ4n) is 3.65. The Hall–Kier alpha value is -2.84. The number of sulfone groups is 1. The van der Waals surface area contributed by atoms with Gasteiger partial charge >= 0.3 is 0 Å². The largest absolute Gasteiger partial charge is 0.493 e. The Morgan fingerprint density at radius 2 is 1.83 bits per heavy atom.